The molecular weight excluding hydrogens is 577 g/mol. The van der Waals surface area contributed by atoms with Crippen molar-refractivity contribution in [1.82, 2.24) is 4.98 Å². The molecule has 8 aromatic rings. The fourth-order valence-electron chi connectivity index (χ4n) is 6.64. The van der Waals surface area contributed by atoms with Gasteiger partial charge in [0.25, 0.3) is 0 Å². The summed E-state index contributed by atoms with van der Waals surface area (Å²) in [6.45, 7) is 0. The van der Waals surface area contributed by atoms with Crippen molar-refractivity contribution in [3.8, 4) is 54.5 Å². The number of aromatic nitrogens is 1. The van der Waals surface area contributed by atoms with Gasteiger partial charge in [0, 0.05) is 33.8 Å². The maximum Gasteiger partial charge on any atom is 0.124 e. The lowest BCUT2D eigenvalue weighted by Gasteiger charge is -2.27. The van der Waals surface area contributed by atoms with Crippen LogP contribution in [0.5, 0.6) is 0 Å². The third kappa shape index (κ3) is 4.52. The highest BCUT2D eigenvalue weighted by atomic mass is 32.1. The molecule has 0 amide bonds. The highest BCUT2D eigenvalue weighted by Crippen LogP contribution is 2.53. The third-order valence-corrected chi connectivity index (χ3v) is 9.95. The van der Waals surface area contributed by atoms with E-state index < -0.39 is 0 Å². The van der Waals surface area contributed by atoms with Gasteiger partial charge in [0.05, 0.1) is 10.6 Å². The molecular formula is C43H28N2S. The van der Waals surface area contributed by atoms with E-state index in [0.29, 0.717) is 0 Å². The third-order valence-electron chi connectivity index (χ3n) is 8.81. The first-order chi connectivity index (χ1) is 22.8. The van der Waals surface area contributed by atoms with E-state index in [1.165, 1.54) is 49.0 Å². The first-order valence-electron chi connectivity index (χ1n) is 15.5. The number of hydrogen-bond donors (Lipinski definition) is 0. The Morgan fingerprint density at radius 1 is 0.413 bits per heavy atom. The van der Waals surface area contributed by atoms with Crippen LogP contribution < -0.4 is 4.90 Å². The number of benzene rings is 7. The molecule has 216 valence electrons. The number of fused-ring (bicyclic) bond motifs is 3. The molecule has 0 unspecified atom stereocenters. The van der Waals surface area contributed by atoms with Gasteiger partial charge in [0.2, 0.25) is 0 Å². The van der Waals surface area contributed by atoms with Crippen LogP contribution in [0.3, 0.4) is 0 Å². The van der Waals surface area contributed by atoms with Crippen LogP contribution in [0.4, 0.5) is 17.1 Å². The summed E-state index contributed by atoms with van der Waals surface area (Å²) in [5, 5.41) is 3.57. The molecule has 0 saturated carbocycles. The summed E-state index contributed by atoms with van der Waals surface area (Å²) >= 11 is 1.79. The molecule has 0 atom stereocenters. The molecule has 0 fully saturated rings. The molecule has 3 heteroatoms. The molecule has 9 rings (SSSR count). The lowest BCUT2D eigenvalue weighted by Crippen LogP contribution is -2.10. The topological polar surface area (TPSA) is 16.1 Å². The molecule has 0 saturated heterocycles. The number of rotatable bonds is 6. The van der Waals surface area contributed by atoms with Gasteiger partial charge in [-0.15, -0.1) is 11.3 Å². The fourth-order valence-corrected chi connectivity index (χ4v) is 7.76. The van der Waals surface area contributed by atoms with Crippen molar-refractivity contribution in [3.05, 3.63) is 170 Å². The Kier molecular flexibility index (Phi) is 6.36. The molecule has 0 radical (unpaired) electrons. The Bertz CT molecular complexity index is 2340. The van der Waals surface area contributed by atoms with E-state index in [1.54, 1.807) is 11.3 Å². The van der Waals surface area contributed by atoms with E-state index in [-0.39, 0.29) is 0 Å². The van der Waals surface area contributed by atoms with Gasteiger partial charge in [-0.1, -0.05) is 133 Å². The molecule has 2 nitrogen and oxygen atoms in total. The first kappa shape index (κ1) is 26.6. The van der Waals surface area contributed by atoms with E-state index >= 15 is 0 Å². The first-order valence-corrected chi connectivity index (χ1v) is 16.4. The summed E-state index contributed by atoms with van der Waals surface area (Å²) in [4.78, 5) is 8.88. The molecule has 0 bridgehead atoms. The van der Waals surface area contributed by atoms with Gasteiger partial charge < -0.3 is 4.90 Å². The average Bonchev–Trinajstić information content (AvgIpc) is 3.70. The van der Waals surface area contributed by atoms with Crippen LogP contribution in [0, 0.1) is 0 Å². The number of nitrogens with zero attached hydrogens (tertiary/aromatic N) is 2. The summed E-state index contributed by atoms with van der Waals surface area (Å²) < 4.78 is 0. The molecule has 1 aliphatic rings. The smallest absolute Gasteiger partial charge is 0.124 e. The summed E-state index contributed by atoms with van der Waals surface area (Å²) in [7, 11) is 0. The van der Waals surface area contributed by atoms with Gasteiger partial charge in [-0.25, -0.2) is 4.98 Å². The number of anilines is 3. The second-order valence-corrected chi connectivity index (χ2v) is 12.6. The lowest BCUT2D eigenvalue weighted by molar-refractivity contribution is 1.29. The van der Waals surface area contributed by atoms with Crippen LogP contribution in [0.15, 0.2) is 170 Å². The van der Waals surface area contributed by atoms with Gasteiger partial charge in [-0.05, 0) is 69.4 Å². The molecule has 7 aromatic carbocycles. The van der Waals surface area contributed by atoms with E-state index in [9.17, 15) is 0 Å². The Morgan fingerprint density at radius 2 is 1.02 bits per heavy atom. The van der Waals surface area contributed by atoms with Crippen molar-refractivity contribution >= 4 is 39.2 Å². The standard InChI is InChI=1S/C43H28N2S/c1-4-12-29(13-5-1)31-22-24-35(25-23-31)45(36-20-10-18-33(26-36)30-14-6-2-7-15-30)37-27-34-19-11-21-38-40(34)39(28-37)41-42(38)46-43(44-41)32-16-8-3-9-17-32/h1-28H. The van der Waals surface area contributed by atoms with Gasteiger partial charge in [0.1, 0.15) is 5.01 Å². The van der Waals surface area contributed by atoms with Crippen molar-refractivity contribution in [2.24, 2.45) is 0 Å². The lowest BCUT2D eigenvalue weighted by atomic mass is 10.0. The quantitative estimate of drug-likeness (QED) is 0.188. The molecule has 0 spiro atoms. The van der Waals surface area contributed by atoms with Crippen LogP contribution in [-0.4, -0.2) is 4.98 Å². The molecule has 0 N–H and O–H groups in total. The summed E-state index contributed by atoms with van der Waals surface area (Å²) in [5.74, 6) is 0. The number of hydrogen-bond acceptors (Lipinski definition) is 3. The number of thiazole rings is 1. The zero-order valence-electron chi connectivity index (χ0n) is 25.0. The Balaban J connectivity index is 1.23. The average molecular weight is 605 g/mol. The van der Waals surface area contributed by atoms with Crippen LogP contribution in [0.1, 0.15) is 0 Å². The zero-order valence-corrected chi connectivity index (χ0v) is 25.8. The normalized spacial score (nSPS) is 11.5. The second kappa shape index (κ2) is 11.0. The Hall–Kier alpha value is -5.77. The Morgan fingerprint density at radius 3 is 1.74 bits per heavy atom. The predicted molar refractivity (Wildman–Crippen MR) is 195 cm³/mol. The van der Waals surface area contributed by atoms with Crippen molar-refractivity contribution < 1.29 is 0 Å². The minimum atomic E-state index is 1.06. The maximum absolute atomic E-state index is 5.25. The van der Waals surface area contributed by atoms with Crippen LogP contribution in [0.25, 0.3) is 65.3 Å². The maximum atomic E-state index is 5.25. The largest absolute Gasteiger partial charge is 0.310 e. The van der Waals surface area contributed by atoms with Gasteiger partial charge in [-0.2, -0.15) is 0 Å². The predicted octanol–water partition coefficient (Wildman–Crippen LogP) is 12.4. The van der Waals surface area contributed by atoms with Crippen molar-refractivity contribution in [2.75, 3.05) is 4.90 Å². The van der Waals surface area contributed by atoms with E-state index in [0.717, 1.165) is 33.3 Å². The monoisotopic (exact) mass is 604 g/mol. The SMILES string of the molecule is c1ccc(-c2ccc(N(c3cccc(-c4ccccc4)c3)c3cc4c5c(cccc5c3)-c3sc(-c5ccccc5)nc3-4)cc2)cc1. The van der Waals surface area contributed by atoms with E-state index in [2.05, 4.69) is 175 Å². The fraction of sp³-hybridized carbons (Fsp3) is 0. The summed E-state index contributed by atoms with van der Waals surface area (Å²) in [6, 6.07) is 60.8. The minimum Gasteiger partial charge on any atom is -0.310 e. The van der Waals surface area contributed by atoms with Crippen molar-refractivity contribution in [3.63, 3.8) is 0 Å². The van der Waals surface area contributed by atoms with Crippen LogP contribution in [-0.2, 0) is 0 Å². The Labute approximate surface area is 272 Å². The highest BCUT2D eigenvalue weighted by molar-refractivity contribution is 7.19. The molecule has 0 aliphatic heterocycles. The molecule has 1 heterocycles. The highest BCUT2D eigenvalue weighted by Gasteiger charge is 2.28. The van der Waals surface area contributed by atoms with E-state index in [4.69, 9.17) is 4.98 Å². The molecule has 46 heavy (non-hydrogen) atoms. The zero-order chi connectivity index (χ0) is 30.5. The second-order valence-electron chi connectivity index (χ2n) is 11.6. The summed E-state index contributed by atoms with van der Waals surface area (Å²) in [6.07, 6.45) is 0. The van der Waals surface area contributed by atoms with E-state index in [1.807, 2.05) is 0 Å². The van der Waals surface area contributed by atoms with Crippen molar-refractivity contribution in [2.45, 2.75) is 0 Å². The van der Waals surface area contributed by atoms with Gasteiger partial charge in [-0.3, -0.25) is 0 Å². The molecule has 1 aromatic heterocycles. The van der Waals surface area contributed by atoms with Gasteiger partial charge in [0.15, 0.2) is 0 Å². The van der Waals surface area contributed by atoms with Crippen LogP contribution in [0.2, 0.25) is 0 Å². The molecule has 1 aliphatic carbocycles. The van der Waals surface area contributed by atoms with Gasteiger partial charge >= 0.3 is 0 Å². The summed E-state index contributed by atoms with van der Waals surface area (Å²) in [5.41, 5.74) is 12.8. The minimum absolute atomic E-state index is 1.06. The van der Waals surface area contributed by atoms with Crippen molar-refractivity contribution in [1.29, 1.82) is 0 Å². The van der Waals surface area contributed by atoms with Crippen LogP contribution >= 0.6 is 11.3 Å².